The Kier molecular flexibility index (Phi) is 3.54. The number of halogens is 2. The summed E-state index contributed by atoms with van der Waals surface area (Å²) in [4.78, 5) is 14.0. The van der Waals surface area contributed by atoms with E-state index in [2.05, 4.69) is 15.9 Å². The van der Waals surface area contributed by atoms with Gasteiger partial charge in [-0.2, -0.15) is 0 Å². The van der Waals surface area contributed by atoms with Crippen LogP contribution in [0.3, 0.4) is 0 Å². The van der Waals surface area contributed by atoms with E-state index >= 15 is 0 Å². The molecule has 2 aromatic rings. The van der Waals surface area contributed by atoms with Crippen molar-refractivity contribution in [1.82, 2.24) is 0 Å². The summed E-state index contributed by atoms with van der Waals surface area (Å²) in [5, 5.41) is 0.683. The Hall–Kier alpha value is -1.36. The lowest BCUT2D eigenvalue weighted by atomic mass is 10.1. The summed E-state index contributed by atoms with van der Waals surface area (Å²) in [5.41, 5.74) is 8.75. The van der Waals surface area contributed by atoms with Crippen molar-refractivity contribution in [2.75, 3.05) is 4.90 Å². The molecule has 2 aromatic carbocycles. The zero-order valence-corrected chi connectivity index (χ0v) is 12.9. The molecule has 1 unspecified atom stereocenters. The third kappa shape index (κ3) is 2.35. The monoisotopic (exact) mass is 350 g/mol. The zero-order chi connectivity index (χ0) is 14.3. The maximum atomic E-state index is 12.3. The number of amides is 1. The van der Waals surface area contributed by atoms with E-state index in [1.54, 1.807) is 4.90 Å². The fraction of sp³-hybridized carbons (Fsp3) is 0.133. The second kappa shape index (κ2) is 5.20. The zero-order valence-electron chi connectivity index (χ0n) is 10.5. The highest BCUT2D eigenvalue weighted by molar-refractivity contribution is 9.10. The van der Waals surface area contributed by atoms with Crippen LogP contribution in [0.2, 0.25) is 5.02 Å². The molecule has 0 saturated heterocycles. The van der Waals surface area contributed by atoms with Gasteiger partial charge in [-0.05, 0) is 35.9 Å². The van der Waals surface area contributed by atoms with Crippen molar-refractivity contribution in [2.45, 2.75) is 12.6 Å². The molecule has 0 fully saturated rings. The van der Waals surface area contributed by atoms with Gasteiger partial charge in [0.1, 0.15) is 6.04 Å². The van der Waals surface area contributed by atoms with Crippen LogP contribution in [0.4, 0.5) is 5.69 Å². The largest absolute Gasteiger partial charge is 0.316 e. The van der Waals surface area contributed by atoms with Crippen LogP contribution in [-0.2, 0) is 11.3 Å². The Morgan fingerprint density at radius 2 is 1.90 bits per heavy atom. The molecule has 0 radical (unpaired) electrons. The van der Waals surface area contributed by atoms with E-state index in [1.807, 2.05) is 42.5 Å². The normalized spacial score (nSPS) is 17.4. The molecule has 20 heavy (non-hydrogen) atoms. The Morgan fingerprint density at radius 1 is 1.20 bits per heavy atom. The molecule has 0 bridgehead atoms. The summed E-state index contributed by atoms with van der Waals surface area (Å²) in [5.74, 6) is -0.0759. The first kappa shape index (κ1) is 13.6. The van der Waals surface area contributed by atoms with Gasteiger partial charge < -0.3 is 10.6 Å². The second-order valence-electron chi connectivity index (χ2n) is 4.73. The highest BCUT2D eigenvalue weighted by atomic mass is 79.9. The molecule has 0 aromatic heterocycles. The molecule has 1 heterocycles. The molecule has 2 N–H and O–H groups in total. The quantitative estimate of drug-likeness (QED) is 0.897. The lowest BCUT2D eigenvalue weighted by Gasteiger charge is -2.17. The number of nitrogens with two attached hydrogens (primary N) is 1. The number of hydrogen-bond acceptors (Lipinski definition) is 2. The minimum Gasteiger partial charge on any atom is -0.316 e. The van der Waals surface area contributed by atoms with Gasteiger partial charge in [0, 0.05) is 20.7 Å². The summed E-state index contributed by atoms with van der Waals surface area (Å²) in [6.45, 7) is 0.498. The molecule has 0 saturated carbocycles. The van der Waals surface area contributed by atoms with E-state index in [4.69, 9.17) is 17.3 Å². The molecule has 3 nitrogen and oxygen atoms in total. The predicted molar refractivity (Wildman–Crippen MR) is 83.7 cm³/mol. The van der Waals surface area contributed by atoms with Crippen LogP contribution in [0.25, 0.3) is 0 Å². The van der Waals surface area contributed by atoms with Crippen LogP contribution in [0.15, 0.2) is 46.9 Å². The first-order valence-electron chi connectivity index (χ1n) is 6.17. The Morgan fingerprint density at radius 3 is 2.60 bits per heavy atom. The van der Waals surface area contributed by atoms with Crippen LogP contribution >= 0.6 is 27.5 Å². The first-order valence-corrected chi connectivity index (χ1v) is 7.34. The third-order valence-electron chi connectivity index (χ3n) is 3.40. The average Bonchev–Trinajstić information content (AvgIpc) is 2.66. The molecule has 3 rings (SSSR count). The van der Waals surface area contributed by atoms with Gasteiger partial charge in [0.05, 0.1) is 6.54 Å². The van der Waals surface area contributed by atoms with Crippen LogP contribution < -0.4 is 10.6 Å². The molecule has 0 spiro atoms. The molecule has 1 amide bonds. The number of nitrogens with zero attached hydrogens (tertiary/aromatic N) is 1. The van der Waals surface area contributed by atoms with Crippen molar-refractivity contribution in [2.24, 2.45) is 5.73 Å². The van der Waals surface area contributed by atoms with Crippen LogP contribution in [-0.4, -0.2) is 5.91 Å². The van der Waals surface area contributed by atoms with E-state index in [0.717, 1.165) is 21.3 Å². The van der Waals surface area contributed by atoms with Crippen molar-refractivity contribution >= 4 is 39.1 Å². The number of hydrogen-bond donors (Lipinski definition) is 1. The lowest BCUT2D eigenvalue weighted by Crippen LogP contribution is -2.31. The van der Waals surface area contributed by atoms with Gasteiger partial charge in [-0.1, -0.05) is 39.7 Å². The molecule has 1 aliphatic rings. The Bertz CT molecular complexity index is 672. The van der Waals surface area contributed by atoms with Crippen molar-refractivity contribution in [3.05, 3.63) is 63.1 Å². The molecule has 0 aliphatic carbocycles. The maximum Gasteiger partial charge on any atom is 0.248 e. The molecule has 5 heteroatoms. The van der Waals surface area contributed by atoms with Gasteiger partial charge >= 0.3 is 0 Å². The van der Waals surface area contributed by atoms with Gasteiger partial charge in [0.15, 0.2) is 0 Å². The maximum absolute atomic E-state index is 12.3. The summed E-state index contributed by atoms with van der Waals surface area (Å²) >= 11 is 9.28. The van der Waals surface area contributed by atoms with Crippen molar-refractivity contribution < 1.29 is 4.79 Å². The Balaban J connectivity index is 1.95. The lowest BCUT2D eigenvalue weighted by molar-refractivity contribution is -0.119. The third-order valence-corrected chi connectivity index (χ3v) is 4.15. The van der Waals surface area contributed by atoms with E-state index in [0.29, 0.717) is 11.6 Å². The number of benzene rings is 2. The number of rotatable bonds is 2. The van der Waals surface area contributed by atoms with Gasteiger partial charge in [0.2, 0.25) is 5.91 Å². The fourth-order valence-electron chi connectivity index (χ4n) is 2.38. The molecular formula is C15H12BrClN2O. The molecule has 1 atom stereocenters. The highest BCUT2D eigenvalue weighted by Gasteiger charge is 2.34. The van der Waals surface area contributed by atoms with E-state index in [-0.39, 0.29) is 5.91 Å². The number of fused-ring (bicyclic) bond motifs is 1. The van der Waals surface area contributed by atoms with Crippen LogP contribution in [0, 0.1) is 0 Å². The summed E-state index contributed by atoms with van der Waals surface area (Å²) in [6, 6.07) is 12.6. The number of carbonyl (C=O) groups is 1. The van der Waals surface area contributed by atoms with Gasteiger partial charge in [-0.15, -0.1) is 0 Å². The summed E-state index contributed by atoms with van der Waals surface area (Å²) in [7, 11) is 0. The second-order valence-corrected chi connectivity index (χ2v) is 6.08. The molecule has 1 aliphatic heterocycles. The summed E-state index contributed by atoms with van der Waals surface area (Å²) in [6.07, 6.45) is 0. The van der Waals surface area contributed by atoms with E-state index in [9.17, 15) is 4.79 Å². The molecule has 102 valence electrons. The minimum absolute atomic E-state index is 0.0759. The smallest absolute Gasteiger partial charge is 0.248 e. The number of anilines is 1. The average molecular weight is 352 g/mol. The topological polar surface area (TPSA) is 46.3 Å². The highest BCUT2D eigenvalue weighted by Crippen LogP contribution is 2.37. The molecular weight excluding hydrogens is 340 g/mol. The van der Waals surface area contributed by atoms with E-state index in [1.165, 1.54) is 0 Å². The van der Waals surface area contributed by atoms with Crippen LogP contribution in [0.1, 0.15) is 17.2 Å². The SMILES string of the molecule is NC1C(=O)N(Cc2ccc(Cl)cc2)c2ccc(Br)cc21. The van der Waals surface area contributed by atoms with Gasteiger partial charge in [-0.25, -0.2) is 0 Å². The van der Waals surface area contributed by atoms with Crippen molar-refractivity contribution in [1.29, 1.82) is 0 Å². The predicted octanol–water partition coefficient (Wildman–Crippen LogP) is 3.65. The number of carbonyl (C=O) groups excluding carboxylic acids is 1. The van der Waals surface area contributed by atoms with E-state index < -0.39 is 6.04 Å². The minimum atomic E-state index is -0.588. The Labute approximate surface area is 130 Å². The van der Waals surface area contributed by atoms with Crippen molar-refractivity contribution in [3.8, 4) is 0 Å². The van der Waals surface area contributed by atoms with Crippen LogP contribution in [0.5, 0.6) is 0 Å². The summed E-state index contributed by atoms with van der Waals surface area (Å²) < 4.78 is 0.924. The van der Waals surface area contributed by atoms with Gasteiger partial charge in [-0.3, -0.25) is 4.79 Å². The van der Waals surface area contributed by atoms with Crippen molar-refractivity contribution in [3.63, 3.8) is 0 Å². The standard InChI is InChI=1S/C15H12BrClN2O/c16-10-3-6-13-12(7-10)14(18)15(20)19(13)8-9-1-4-11(17)5-2-9/h1-7,14H,8,18H2. The van der Waals surface area contributed by atoms with Gasteiger partial charge in [0.25, 0.3) is 0 Å². The fourth-order valence-corrected chi connectivity index (χ4v) is 2.88. The first-order chi connectivity index (χ1) is 9.56.